The summed E-state index contributed by atoms with van der Waals surface area (Å²) in [6.07, 6.45) is 1.68. The van der Waals surface area contributed by atoms with Gasteiger partial charge in [0.05, 0.1) is 5.56 Å². The molecule has 90 valence electrons. The molecule has 0 aliphatic carbocycles. The molecule has 0 bridgehead atoms. The molecule has 0 saturated carbocycles. The van der Waals surface area contributed by atoms with E-state index in [1.165, 1.54) is 6.07 Å². The quantitative estimate of drug-likeness (QED) is 0.797. The maximum absolute atomic E-state index is 10.9. The fourth-order valence-corrected chi connectivity index (χ4v) is 2.02. The van der Waals surface area contributed by atoms with Gasteiger partial charge in [0.1, 0.15) is 18.2 Å². The third-order valence-electron chi connectivity index (χ3n) is 2.91. The Bertz CT molecular complexity index is 653. The first-order valence-corrected chi connectivity index (χ1v) is 5.40. The summed E-state index contributed by atoms with van der Waals surface area (Å²) >= 11 is 0. The molecule has 1 aromatic carbocycles. The minimum Gasteiger partial charge on any atom is -0.488 e. The van der Waals surface area contributed by atoms with Crippen LogP contribution in [0.1, 0.15) is 15.9 Å². The van der Waals surface area contributed by atoms with Gasteiger partial charge in [-0.2, -0.15) is 0 Å². The molecule has 2 aromatic rings. The van der Waals surface area contributed by atoms with Gasteiger partial charge in [-0.1, -0.05) is 0 Å². The van der Waals surface area contributed by atoms with Crippen molar-refractivity contribution in [2.75, 3.05) is 5.73 Å². The van der Waals surface area contributed by atoms with E-state index in [0.717, 1.165) is 16.7 Å². The van der Waals surface area contributed by atoms with E-state index in [2.05, 4.69) is 4.98 Å². The Kier molecular flexibility index (Phi) is 2.19. The highest BCUT2D eigenvalue weighted by Crippen LogP contribution is 2.38. The Labute approximate surface area is 103 Å². The van der Waals surface area contributed by atoms with E-state index < -0.39 is 5.97 Å². The van der Waals surface area contributed by atoms with Gasteiger partial charge in [-0.15, -0.1) is 0 Å². The normalized spacial score (nSPS) is 12.2. The molecule has 3 rings (SSSR count). The highest BCUT2D eigenvalue weighted by Gasteiger charge is 2.19. The number of aromatic nitrogens is 1. The third kappa shape index (κ3) is 1.57. The van der Waals surface area contributed by atoms with Crippen LogP contribution in [0.25, 0.3) is 11.1 Å². The number of aromatic carboxylic acids is 1. The average molecular weight is 242 g/mol. The molecular weight excluding hydrogens is 232 g/mol. The summed E-state index contributed by atoms with van der Waals surface area (Å²) in [7, 11) is 0. The average Bonchev–Trinajstić information content (AvgIpc) is 2.37. The Morgan fingerprint density at radius 3 is 2.94 bits per heavy atom. The summed E-state index contributed by atoms with van der Waals surface area (Å²) in [4.78, 5) is 14.9. The highest BCUT2D eigenvalue weighted by atomic mass is 16.5. The highest BCUT2D eigenvalue weighted by molar-refractivity contribution is 5.90. The number of nitrogens with zero attached hydrogens (tertiary/aromatic N) is 1. The smallest absolute Gasteiger partial charge is 0.335 e. The molecule has 18 heavy (non-hydrogen) atoms. The van der Waals surface area contributed by atoms with E-state index in [9.17, 15) is 4.79 Å². The van der Waals surface area contributed by atoms with E-state index in [4.69, 9.17) is 15.6 Å². The lowest BCUT2D eigenvalue weighted by molar-refractivity contribution is 0.0696. The topological polar surface area (TPSA) is 85.4 Å². The number of nitrogen functional groups attached to an aromatic ring is 1. The van der Waals surface area contributed by atoms with Gasteiger partial charge in [0.2, 0.25) is 0 Å². The predicted octanol–water partition coefficient (Wildman–Crippen LogP) is 1.92. The van der Waals surface area contributed by atoms with Crippen LogP contribution in [0, 0.1) is 0 Å². The first-order chi connectivity index (χ1) is 8.65. The number of carboxylic acids is 1. The van der Waals surface area contributed by atoms with Gasteiger partial charge in [-0.05, 0) is 29.8 Å². The lowest BCUT2D eigenvalue weighted by Gasteiger charge is -2.20. The molecular formula is C13H10N2O3. The van der Waals surface area contributed by atoms with Gasteiger partial charge in [0.25, 0.3) is 0 Å². The summed E-state index contributed by atoms with van der Waals surface area (Å²) in [5.41, 5.74) is 8.61. The number of carbonyl (C=O) groups is 1. The number of anilines is 1. The van der Waals surface area contributed by atoms with Crippen molar-refractivity contribution in [2.24, 2.45) is 0 Å². The number of hydrogen-bond donors (Lipinski definition) is 2. The molecule has 5 heteroatoms. The fourth-order valence-electron chi connectivity index (χ4n) is 2.02. The number of nitrogens with two attached hydrogens (primary N) is 1. The van der Waals surface area contributed by atoms with Crippen molar-refractivity contribution in [3.05, 3.63) is 41.6 Å². The minimum atomic E-state index is -0.971. The summed E-state index contributed by atoms with van der Waals surface area (Å²) in [6.45, 7) is 0.374. The van der Waals surface area contributed by atoms with Crippen molar-refractivity contribution >= 4 is 11.8 Å². The van der Waals surface area contributed by atoms with Crippen LogP contribution in [-0.2, 0) is 6.61 Å². The molecule has 2 heterocycles. The zero-order valence-electron chi connectivity index (χ0n) is 9.38. The summed E-state index contributed by atoms with van der Waals surface area (Å²) in [5, 5.41) is 8.94. The second-order valence-corrected chi connectivity index (χ2v) is 4.07. The van der Waals surface area contributed by atoms with Crippen LogP contribution in [-0.4, -0.2) is 16.1 Å². The minimum absolute atomic E-state index is 0.208. The molecule has 0 amide bonds. The van der Waals surface area contributed by atoms with Crippen LogP contribution >= 0.6 is 0 Å². The standard InChI is InChI=1S/C13H10N2O3/c14-12-4-10-8(5-15-12)6-18-11-3-7(13(16)17)1-2-9(10)11/h1-5H,6H2,(H2,14,15)(H,16,17). The second kappa shape index (κ2) is 3.73. The maximum atomic E-state index is 10.9. The molecule has 0 radical (unpaired) electrons. The molecule has 5 nitrogen and oxygen atoms in total. The number of fused-ring (bicyclic) bond motifs is 3. The van der Waals surface area contributed by atoms with Gasteiger partial charge in [-0.3, -0.25) is 0 Å². The van der Waals surface area contributed by atoms with E-state index in [0.29, 0.717) is 18.2 Å². The lowest BCUT2D eigenvalue weighted by Crippen LogP contribution is -2.08. The van der Waals surface area contributed by atoms with E-state index in [-0.39, 0.29) is 5.56 Å². The van der Waals surface area contributed by atoms with E-state index in [1.807, 2.05) is 0 Å². The maximum Gasteiger partial charge on any atom is 0.335 e. The van der Waals surface area contributed by atoms with E-state index >= 15 is 0 Å². The van der Waals surface area contributed by atoms with Gasteiger partial charge in [0.15, 0.2) is 0 Å². The Morgan fingerprint density at radius 2 is 2.17 bits per heavy atom. The first kappa shape index (κ1) is 10.6. The number of benzene rings is 1. The zero-order valence-corrected chi connectivity index (χ0v) is 9.38. The second-order valence-electron chi connectivity index (χ2n) is 4.07. The fraction of sp³-hybridized carbons (Fsp3) is 0.0769. The molecule has 1 aromatic heterocycles. The molecule has 0 atom stereocenters. The molecule has 1 aliphatic rings. The van der Waals surface area contributed by atoms with Crippen molar-refractivity contribution in [3.8, 4) is 16.9 Å². The lowest BCUT2D eigenvalue weighted by atomic mass is 9.97. The zero-order chi connectivity index (χ0) is 12.7. The molecule has 0 unspecified atom stereocenters. The molecule has 1 aliphatic heterocycles. The molecule has 0 fully saturated rings. The Morgan fingerprint density at radius 1 is 1.33 bits per heavy atom. The van der Waals surface area contributed by atoms with Gasteiger partial charge in [-0.25, -0.2) is 9.78 Å². The summed E-state index contributed by atoms with van der Waals surface area (Å²) < 4.78 is 5.54. The molecule has 0 spiro atoms. The van der Waals surface area contributed by atoms with Crippen LogP contribution in [0.2, 0.25) is 0 Å². The van der Waals surface area contributed by atoms with Crippen LogP contribution in [0.4, 0.5) is 5.82 Å². The van der Waals surface area contributed by atoms with Gasteiger partial charge in [0, 0.05) is 17.3 Å². The Hall–Kier alpha value is -2.56. The van der Waals surface area contributed by atoms with Crippen LogP contribution in [0.3, 0.4) is 0 Å². The summed E-state index contributed by atoms with van der Waals surface area (Å²) in [6, 6.07) is 6.58. The van der Waals surface area contributed by atoms with Crippen molar-refractivity contribution in [2.45, 2.75) is 6.61 Å². The Balaban J connectivity index is 2.18. The third-order valence-corrected chi connectivity index (χ3v) is 2.91. The molecule has 0 saturated heterocycles. The van der Waals surface area contributed by atoms with Crippen LogP contribution in [0.5, 0.6) is 5.75 Å². The van der Waals surface area contributed by atoms with Crippen molar-refractivity contribution in [1.82, 2.24) is 4.98 Å². The largest absolute Gasteiger partial charge is 0.488 e. The number of rotatable bonds is 1. The van der Waals surface area contributed by atoms with Crippen molar-refractivity contribution < 1.29 is 14.6 Å². The van der Waals surface area contributed by atoms with Crippen LogP contribution in [0.15, 0.2) is 30.5 Å². The van der Waals surface area contributed by atoms with Gasteiger partial charge >= 0.3 is 5.97 Å². The molecule has 3 N–H and O–H groups in total. The summed E-state index contributed by atoms with van der Waals surface area (Å²) in [5.74, 6) is 0.0263. The monoisotopic (exact) mass is 242 g/mol. The van der Waals surface area contributed by atoms with Crippen molar-refractivity contribution in [1.29, 1.82) is 0 Å². The number of hydrogen-bond acceptors (Lipinski definition) is 4. The van der Waals surface area contributed by atoms with Crippen LogP contribution < -0.4 is 10.5 Å². The SMILES string of the molecule is Nc1cc2c(cn1)COc1cc(C(=O)O)ccc1-2. The van der Waals surface area contributed by atoms with Gasteiger partial charge < -0.3 is 15.6 Å². The van der Waals surface area contributed by atoms with Crippen molar-refractivity contribution in [3.63, 3.8) is 0 Å². The number of carboxylic acid groups (broad SMARTS) is 1. The van der Waals surface area contributed by atoms with E-state index in [1.54, 1.807) is 24.4 Å². The number of pyridine rings is 1. The first-order valence-electron chi connectivity index (χ1n) is 5.40. The number of ether oxygens (including phenoxy) is 1. The predicted molar refractivity (Wildman–Crippen MR) is 65.4 cm³/mol.